The molecule has 9 fully saturated rings. The van der Waals surface area contributed by atoms with Gasteiger partial charge in [0.15, 0.2) is 0 Å². The van der Waals surface area contributed by atoms with Crippen molar-refractivity contribution >= 4 is 11.8 Å². The molecule has 5 nitrogen and oxygen atoms in total. The lowest BCUT2D eigenvalue weighted by molar-refractivity contribution is -0.220. The van der Waals surface area contributed by atoms with Crippen LogP contribution in [0.5, 0.6) is 0 Å². The quantitative estimate of drug-likeness (QED) is 0.571. The molecule has 5 heteroatoms. The number of piperidine rings is 2. The van der Waals surface area contributed by atoms with E-state index in [1.54, 1.807) is 0 Å². The van der Waals surface area contributed by atoms with Crippen molar-refractivity contribution in [3.05, 3.63) is 12.2 Å². The molecule has 9 aliphatic rings. The van der Waals surface area contributed by atoms with Crippen LogP contribution in [-0.4, -0.2) is 52.6 Å². The lowest BCUT2D eigenvalue weighted by Gasteiger charge is -2.65. The topological polar surface area (TPSA) is 66.8 Å². The number of rotatable bonds is 3. The second kappa shape index (κ2) is 5.06. The Balaban J connectivity index is 1.40. The van der Waals surface area contributed by atoms with E-state index < -0.39 is 6.10 Å². The zero-order valence-electron chi connectivity index (χ0n) is 18.3. The zero-order valence-corrected chi connectivity index (χ0v) is 18.3. The number of carbonyl (C=O) groups is 2. The number of carbonyl (C=O) groups excluding carboxylic acids is 2. The molecule has 0 radical (unpaired) electrons. The standard InChI is InChI=1S/C25H33NO4/c1-5-11(2)22(29)30-18-15-12(3)8-24-9-13-19-23(4)10-26(13)21(16(18)24)25(19,7-6-14(23)27)20(24)17(15)28/h11,13,15-21,28H,3,5-10H2,1-2,4H3. The van der Waals surface area contributed by atoms with Crippen LogP contribution in [0.3, 0.4) is 0 Å². The third kappa shape index (κ3) is 1.54. The average molecular weight is 412 g/mol. The summed E-state index contributed by atoms with van der Waals surface area (Å²) in [6.07, 6.45) is 3.58. The molecule has 0 aromatic rings. The summed E-state index contributed by atoms with van der Waals surface area (Å²) in [5.74, 6) is 0.930. The molecule has 13 unspecified atom stereocenters. The number of aliphatic hydroxyl groups excluding tert-OH is 1. The van der Waals surface area contributed by atoms with E-state index in [1.807, 2.05) is 13.8 Å². The number of hydrogen-bond donors (Lipinski definition) is 1. The van der Waals surface area contributed by atoms with Gasteiger partial charge in [-0.2, -0.15) is 0 Å². The summed E-state index contributed by atoms with van der Waals surface area (Å²) in [6.45, 7) is 11.4. The first kappa shape index (κ1) is 18.4. The number of fused-ring (bicyclic) bond motifs is 1. The second-order valence-electron chi connectivity index (χ2n) is 12.1. The number of ether oxygens (including phenoxy) is 1. The Labute approximate surface area is 178 Å². The fourth-order valence-electron chi connectivity index (χ4n) is 10.8. The molecule has 9 rings (SSSR count). The molecule has 162 valence electrons. The summed E-state index contributed by atoms with van der Waals surface area (Å²) < 4.78 is 6.28. The van der Waals surface area contributed by atoms with Gasteiger partial charge in [0.2, 0.25) is 0 Å². The summed E-state index contributed by atoms with van der Waals surface area (Å²) >= 11 is 0. The summed E-state index contributed by atoms with van der Waals surface area (Å²) in [4.78, 5) is 28.6. The Kier molecular flexibility index (Phi) is 3.10. The van der Waals surface area contributed by atoms with Crippen LogP contribution in [0.4, 0.5) is 0 Å². The van der Waals surface area contributed by atoms with E-state index in [9.17, 15) is 14.7 Å². The summed E-state index contributed by atoms with van der Waals surface area (Å²) in [7, 11) is 0. The molecule has 0 aromatic carbocycles. The van der Waals surface area contributed by atoms with Crippen LogP contribution >= 0.6 is 0 Å². The van der Waals surface area contributed by atoms with Crippen LogP contribution in [0.15, 0.2) is 12.2 Å². The Morgan fingerprint density at radius 1 is 1.40 bits per heavy atom. The van der Waals surface area contributed by atoms with Gasteiger partial charge in [-0.1, -0.05) is 32.9 Å². The molecule has 6 aliphatic carbocycles. The first-order valence-corrected chi connectivity index (χ1v) is 12.1. The van der Waals surface area contributed by atoms with E-state index in [4.69, 9.17) is 4.74 Å². The smallest absolute Gasteiger partial charge is 0.308 e. The van der Waals surface area contributed by atoms with Gasteiger partial charge >= 0.3 is 5.97 Å². The normalized spacial score (nSPS) is 61.7. The first-order chi connectivity index (χ1) is 14.2. The van der Waals surface area contributed by atoms with Crippen LogP contribution in [0.1, 0.15) is 52.9 Å². The number of nitrogens with zero attached hydrogens (tertiary/aromatic N) is 1. The lowest BCUT2D eigenvalue weighted by atomic mass is 9.39. The van der Waals surface area contributed by atoms with Crippen LogP contribution in [0, 0.1) is 45.8 Å². The van der Waals surface area contributed by atoms with Crippen LogP contribution < -0.4 is 0 Å². The van der Waals surface area contributed by atoms with Crippen molar-refractivity contribution < 1.29 is 19.4 Å². The summed E-state index contributed by atoms with van der Waals surface area (Å²) in [5, 5.41) is 11.8. The van der Waals surface area contributed by atoms with Gasteiger partial charge in [-0.05, 0) is 48.3 Å². The fraction of sp³-hybridized carbons (Fsp3) is 0.840. The van der Waals surface area contributed by atoms with Crippen LogP contribution in [-0.2, 0) is 14.3 Å². The minimum absolute atomic E-state index is 0.000377. The minimum atomic E-state index is -0.499. The van der Waals surface area contributed by atoms with Crippen molar-refractivity contribution in [1.29, 1.82) is 0 Å². The van der Waals surface area contributed by atoms with Crippen LogP contribution in [0.2, 0.25) is 0 Å². The number of hydrogen-bond acceptors (Lipinski definition) is 5. The summed E-state index contributed by atoms with van der Waals surface area (Å²) in [6, 6.07) is 0.812. The van der Waals surface area contributed by atoms with E-state index in [2.05, 4.69) is 18.4 Å². The third-order valence-electron chi connectivity index (χ3n) is 11.4. The number of esters is 1. The van der Waals surface area contributed by atoms with Gasteiger partial charge in [0.25, 0.3) is 0 Å². The van der Waals surface area contributed by atoms with Gasteiger partial charge in [-0.3, -0.25) is 14.5 Å². The molecule has 3 heterocycles. The molecular formula is C25H33NO4. The van der Waals surface area contributed by atoms with Gasteiger partial charge in [0.05, 0.1) is 12.0 Å². The van der Waals surface area contributed by atoms with Crippen molar-refractivity contribution in [1.82, 2.24) is 4.90 Å². The molecule has 1 N–H and O–H groups in total. The Morgan fingerprint density at radius 2 is 2.17 bits per heavy atom. The second-order valence-corrected chi connectivity index (χ2v) is 12.1. The van der Waals surface area contributed by atoms with Crippen molar-refractivity contribution in [3.8, 4) is 0 Å². The molecule has 0 amide bonds. The van der Waals surface area contributed by atoms with Crippen molar-refractivity contribution in [3.63, 3.8) is 0 Å². The maximum atomic E-state index is 13.0. The van der Waals surface area contributed by atoms with Crippen LogP contribution in [0.25, 0.3) is 0 Å². The highest BCUT2D eigenvalue weighted by Gasteiger charge is 2.90. The molecule has 13 atom stereocenters. The van der Waals surface area contributed by atoms with Crippen molar-refractivity contribution in [2.45, 2.75) is 77.2 Å². The maximum absolute atomic E-state index is 13.0. The van der Waals surface area contributed by atoms with Gasteiger partial charge in [0.1, 0.15) is 11.9 Å². The Morgan fingerprint density at radius 3 is 2.90 bits per heavy atom. The number of aliphatic hydroxyl groups is 1. The van der Waals surface area contributed by atoms with E-state index in [1.165, 1.54) is 0 Å². The molecule has 3 aliphatic heterocycles. The Bertz CT molecular complexity index is 915. The maximum Gasteiger partial charge on any atom is 0.308 e. The predicted octanol–water partition coefficient (Wildman–Crippen LogP) is 2.57. The van der Waals surface area contributed by atoms with E-state index >= 15 is 0 Å². The number of ketones is 1. The van der Waals surface area contributed by atoms with Gasteiger partial charge < -0.3 is 9.84 Å². The molecule has 9 bridgehead atoms. The van der Waals surface area contributed by atoms with Gasteiger partial charge in [-0.25, -0.2) is 0 Å². The molecule has 2 spiro atoms. The average Bonchev–Trinajstić information content (AvgIpc) is 3.15. The number of Topliss-reactive ketones (excluding diaryl/α,β-unsaturated/α-hetero) is 1. The van der Waals surface area contributed by atoms with Gasteiger partial charge in [0, 0.05) is 42.3 Å². The SMILES string of the molecule is C=C1CC23CC4C5C6(C)CN4C4C2C(OC(=O)C(C)CC)C1C(O)C3C45CCC6=O. The third-order valence-corrected chi connectivity index (χ3v) is 11.4. The fourth-order valence-corrected chi connectivity index (χ4v) is 10.8. The van der Waals surface area contributed by atoms with Gasteiger partial charge in [-0.15, -0.1) is 0 Å². The highest BCUT2D eigenvalue weighted by molar-refractivity contribution is 5.87. The van der Waals surface area contributed by atoms with E-state index in [0.29, 0.717) is 30.2 Å². The molecular weight excluding hydrogens is 378 g/mol. The predicted molar refractivity (Wildman–Crippen MR) is 109 cm³/mol. The van der Waals surface area contributed by atoms with Crippen molar-refractivity contribution in [2.75, 3.05) is 6.54 Å². The molecule has 6 saturated carbocycles. The van der Waals surface area contributed by atoms with E-state index in [-0.39, 0.29) is 52.0 Å². The minimum Gasteiger partial charge on any atom is -0.461 e. The first-order valence-electron chi connectivity index (χ1n) is 12.1. The monoisotopic (exact) mass is 411 g/mol. The van der Waals surface area contributed by atoms with E-state index in [0.717, 1.165) is 37.8 Å². The highest BCUT2D eigenvalue weighted by Crippen LogP contribution is 2.86. The molecule has 3 saturated heterocycles. The molecule has 0 aromatic heterocycles. The summed E-state index contributed by atoms with van der Waals surface area (Å²) in [5.41, 5.74) is 0.855. The lowest BCUT2D eigenvalue weighted by Crippen LogP contribution is -2.68. The Hall–Kier alpha value is -1.20. The highest BCUT2D eigenvalue weighted by atomic mass is 16.5. The van der Waals surface area contributed by atoms with Crippen molar-refractivity contribution in [2.24, 2.45) is 45.8 Å². The molecule has 30 heavy (non-hydrogen) atoms. The zero-order chi connectivity index (χ0) is 21.0. The largest absolute Gasteiger partial charge is 0.461 e.